The van der Waals surface area contributed by atoms with Crippen LogP contribution in [0.4, 0.5) is 4.79 Å². The van der Waals surface area contributed by atoms with Crippen molar-refractivity contribution >= 4 is 23.3 Å². The Balaban J connectivity index is 1.48. The van der Waals surface area contributed by atoms with Crippen molar-refractivity contribution in [1.82, 2.24) is 15.1 Å². The van der Waals surface area contributed by atoms with Gasteiger partial charge in [0.2, 0.25) is 5.91 Å². The molecular weight excluding hydrogens is 310 g/mol. The molecule has 2 saturated heterocycles. The van der Waals surface area contributed by atoms with Crippen molar-refractivity contribution in [1.29, 1.82) is 0 Å². The van der Waals surface area contributed by atoms with Gasteiger partial charge in [-0.3, -0.25) is 4.79 Å². The van der Waals surface area contributed by atoms with E-state index >= 15 is 0 Å². The Kier molecular flexibility index (Phi) is 5.54. The van der Waals surface area contributed by atoms with Crippen molar-refractivity contribution in [3.05, 3.63) is 22.4 Å². The Bertz CT molecular complexity index is 532. The summed E-state index contributed by atoms with van der Waals surface area (Å²) in [5.74, 6) is 0.231. The van der Waals surface area contributed by atoms with Gasteiger partial charge in [-0.2, -0.15) is 0 Å². The van der Waals surface area contributed by atoms with Crippen molar-refractivity contribution in [2.75, 3.05) is 26.2 Å². The van der Waals surface area contributed by atoms with Gasteiger partial charge in [0.15, 0.2) is 0 Å². The van der Waals surface area contributed by atoms with E-state index < -0.39 is 0 Å². The minimum atomic E-state index is 0.00294. The van der Waals surface area contributed by atoms with E-state index in [2.05, 4.69) is 16.8 Å². The number of carbonyl (C=O) groups excluding carboxylic acids is 2. The van der Waals surface area contributed by atoms with Crippen LogP contribution in [0.5, 0.6) is 0 Å². The standard InChI is InChI=1S/C17H25N3O2S/c21-16-8-2-1-3-10-19(16)12-9-18-17(22)20-11-4-6-14(20)15-7-5-13-23-15/h5,7,13-14H,1-4,6,8-12H2,(H,18,22). The Morgan fingerprint density at radius 2 is 2.17 bits per heavy atom. The molecule has 2 aliphatic heterocycles. The molecule has 1 aromatic heterocycles. The van der Waals surface area contributed by atoms with Gasteiger partial charge in [-0.1, -0.05) is 12.5 Å². The third-order valence-corrected chi connectivity index (χ3v) is 5.69. The molecular formula is C17H25N3O2S. The summed E-state index contributed by atoms with van der Waals surface area (Å²) in [5.41, 5.74) is 0. The van der Waals surface area contributed by atoms with Crippen molar-refractivity contribution in [3.63, 3.8) is 0 Å². The molecule has 0 aromatic carbocycles. The Labute approximate surface area is 141 Å². The fourth-order valence-electron chi connectivity index (χ4n) is 3.46. The Morgan fingerprint density at radius 3 is 3.00 bits per heavy atom. The first-order valence-corrected chi connectivity index (χ1v) is 9.49. The normalized spacial score (nSPS) is 22.3. The summed E-state index contributed by atoms with van der Waals surface area (Å²) in [6, 6.07) is 4.37. The van der Waals surface area contributed by atoms with Crippen LogP contribution < -0.4 is 5.32 Å². The topological polar surface area (TPSA) is 52.7 Å². The van der Waals surface area contributed by atoms with E-state index in [1.807, 2.05) is 15.9 Å². The highest BCUT2D eigenvalue weighted by Gasteiger charge is 2.30. The smallest absolute Gasteiger partial charge is 0.318 e. The summed E-state index contributed by atoms with van der Waals surface area (Å²) < 4.78 is 0. The number of hydrogen-bond acceptors (Lipinski definition) is 3. The molecule has 1 aromatic rings. The van der Waals surface area contributed by atoms with E-state index in [0.717, 1.165) is 45.2 Å². The Morgan fingerprint density at radius 1 is 1.26 bits per heavy atom. The van der Waals surface area contributed by atoms with E-state index in [0.29, 0.717) is 19.5 Å². The molecule has 1 unspecified atom stereocenters. The second kappa shape index (κ2) is 7.81. The van der Waals surface area contributed by atoms with Gasteiger partial charge in [-0.25, -0.2) is 4.79 Å². The molecule has 3 heterocycles. The molecule has 2 fully saturated rings. The molecule has 0 spiro atoms. The summed E-state index contributed by atoms with van der Waals surface area (Å²) in [6.07, 6.45) is 5.95. The molecule has 23 heavy (non-hydrogen) atoms. The number of amides is 3. The van der Waals surface area contributed by atoms with Crippen LogP contribution in [0.25, 0.3) is 0 Å². The van der Waals surface area contributed by atoms with Crippen LogP contribution in [0, 0.1) is 0 Å². The van der Waals surface area contributed by atoms with Gasteiger partial charge in [-0.15, -0.1) is 11.3 Å². The summed E-state index contributed by atoms with van der Waals surface area (Å²) in [6.45, 7) is 2.81. The quantitative estimate of drug-likeness (QED) is 0.919. The zero-order valence-corrected chi connectivity index (χ0v) is 14.3. The molecule has 1 atom stereocenters. The van der Waals surface area contributed by atoms with Gasteiger partial charge in [0.25, 0.3) is 0 Å². The number of nitrogens with zero attached hydrogens (tertiary/aromatic N) is 2. The van der Waals surface area contributed by atoms with Crippen LogP contribution in [0.3, 0.4) is 0 Å². The second-order valence-electron chi connectivity index (χ2n) is 6.29. The van der Waals surface area contributed by atoms with Crippen LogP contribution in [0.1, 0.15) is 49.4 Å². The fraction of sp³-hybridized carbons (Fsp3) is 0.647. The average Bonchev–Trinajstić information content (AvgIpc) is 3.19. The predicted molar refractivity (Wildman–Crippen MR) is 91.4 cm³/mol. The molecule has 0 aliphatic carbocycles. The molecule has 5 nitrogen and oxygen atoms in total. The molecule has 6 heteroatoms. The third-order valence-electron chi connectivity index (χ3n) is 4.71. The van der Waals surface area contributed by atoms with Gasteiger partial charge in [0.1, 0.15) is 0 Å². The second-order valence-corrected chi connectivity index (χ2v) is 7.27. The number of urea groups is 1. The molecule has 2 aliphatic rings. The Hall–Kier alpha value is -1.56. The highest BCUT2D eigenvalue weighted by atomic mass is 32.1. The SMILES string of the molecule is O=C1CCCCCN1CCNC(=O)N1CCCC1c1cccs1. The molecule has 0 saturated carbocycles. The summed E-state index contributed by atoms with van der Waals surface area (Å²) in [7, 11) is 0. The maximum Gasteiger partial charge on any atom is 0.318 e. The lowest BCUT2D eigenvalue weighted by molar-refractivity contribution is -0.130. The maximum atomic E-state index is 12.5. The molecule has 126 valence electrons. The number of hydrogen-bond donors (Lipinski definition) is 1. The monoisotopic (exact) mass is 335 g/mol. The van der Waals surface area contributed by atoms with Crippen LogP contribution in [0.2, 0.25) is 0 Å². The summed E-state index contributed by atoms with van der Waals surface area (Å²) >= 11 is 1.72. The third kappa shape index (κ3) is 4.05. The van der Waals surface area contributed by atoms with Gasteiger partial charge in [0, 0.05) is 37.5 Å². The number of likely N-dealkylation sites (tertiary alicyclic amines) is 2. The van der Waals surface area contributed by atoms with Crippen LogP contribution in [-0.4, -0.2) is 47.9 Å². The van der Waals surface area contributed by atoms with Crippen LogP contribution in [0.15, 0.2) is 17.5 Å². The maximum absolute atomic E-state index is 12.5. The van der Waals surface area contributed by atoms with Gasteiger partial charge < -0.3 is 15.1 Å². The first-order valence-electron chi connectivity index (χ1n) is 8.61. The van der Waals surface area contributed by atoms with Gasteiger partial charge in [-0.05, 0) is 37.1 Å². The number of rotatable bonds is 4. The van der Waals surface area contributed by atoms with E-state index in [4.69, 9.17) is 0 Å². The summed E-state index contributed by atoms with van der Waals surface area (Å²) in [5, 5.41) is 5.07. The molecule has 3 rings (SSSR count). The van der Waals surface area contributed by atoms with Gasteiger partial charge >= 0.3 is 6.03 Å². The molecule has 3 amide bonds. The lowest BCUT2D eigenvalue weighted by atomic mass is 10.2. The van der Waals surface area contributed by atoms with E-state index in [9.17, 15) is 9.59 Å². The first kappa shape index (κ1) is 16.3. The van der Waals surface area contributed by atoms with Crippen molar-refractivity contribution < 1.29 is 9.59 Å². The lowest BCUT2D eigenvalue weighted by Crippen LogP contribution is -2.43. The van der Waals surface area contributed by atoms with E-state index in [-0.39, 0.29) is 18.0 Å². The van der Waals surface area contributed by atoms with E-state index in [1.54, 1.807) is 11.3 Å². The van der Waals surface area contributed by atoms with Gasteiger partial charge in [0.05, 0.1) is 6.04 Å². The predicted octanol–water partition coefficient (Wildman–Crippen LogP) is 3.00. The van der Waals surface area contributed by atoms with Crippen molar-refractivity contribution in [3.8, 4) is 0 Å². The number of carbonyl (C=O) groups is 2. The zero-order valence-electron chi connectivity index (χ0n) is 13.5. The zero-order chi connectivity index (χ0) is 16.1. The molecule has 0 radical (unpaired) electrons. The minimum Gasteiger partial charge on any atom is -0.341 e. The fourth-order valence-corrected chi connectivity index (χ4v) is 4.33. The minimum absolute atomic E-state index is 0.00294. The van der Waals surface area contributed by atoms with Crippen LogP contribution in [-0.2, 0) is 4.79 Å². The average molecular weight is 335 g/mol. The van der Waals surface area contributed by atoms with Crippen LogP contribution >= 0.6 is 11.3 Å². The molecule has 0 bridgehead atoms. The van der Waals surface area contributed by atoms with E-state index in [1.165, 1.54) is 4.88 Å². The van der Waals surface area contributed by atoms with Crippen molar-refractivity contribution in [2.45, 2.75) is 44.6 Å². The number of thiophene rings is 1. The highest BCUT2D eigenvalue weighted by molar-refractivity contribution is 7.10. The first-order chi connectivity index (χ1) is 11.3. The largest absolute Gasteiger partial charge is 0.341 e. The number of nitrogens with one attached hydrogen (secondary N) is 1. The molecule has 1 N–H and O–H groups in total. The summed E-state index contributed by atoms with van der Waals surface area (Å²) in [4.78, 5) is 29.5. The van der Waals surface area contributed by atoms with Crippen molar-refractivity contribution in [2.24, 2.45) is 0 Å². The highest BCUT2D eigenvalue weighted by Crippen LogP contribution is 2.34. The lowest BCUT2D eigenvalue weighted by Gasteiger charge is -2.25.